The largest absolute Gasteiger partial charge is 0.497 e. The zero-order chi connectivity index (χ0) is 23.4. The van der Waals surface area contributed by atoms with Gasteiger partial charge in [0, 0.05) is 22.2 Å². The molecular formula is C24H22N2O6S. The number of ether oxygens (including phenoxy) is 4. The third kappa shape index (κ3) is 4.59. The summed E-state index contributed by atoms with van der Waals surface area (Å²) in [5.74, 6) is -0.518. The Kier molecular flexibility index (Phi) is 6.71. The van der Waals surface area contributed by atoms with Crippen LogP contribution in [0.15, 0.2) is 65.2 Å². The smallest absolute Gasteiger partial charge is 0.355 e. The van der Waals surface area contributed by atoms with Crippen molar-refractivity contribution in [2.45, 2.75) is 0 Å². The molecule has 170 valence electrons. The molecule has 0 N–H and O–H groups in total. The Morgan fingerprint density at radius 1 is 1.00 bits per heavy atom. The van der Waals surface area contributed by atoms with E-state index in [2.05, 4.69) is 0 Å². The Labute approximate surface area is 195 Å². The van der Waals surface area contributed by atoms with Gasteiger partial charge in [0.05, 0.1) is 39.2 Å². The second-order valence-corrected chi connectivity index (χ2v) is 7.89. The van der Waals surface area contributed by atoms with Crippen molar-refractivity contribution >= 4 is 29.0 Å². The Morgan fingerprint density at radius 3 is 2.52 bits per heavy atom. The van der Waals surface area contributed by atoms with Crippen LogP contribution in [-0.2, 0) is 23.8 Å². The number of anilines is 1. The average molecular weight is 467 g/mol. The summed E-state index contributed by atoms with van der Waals surface area (Å²) >= 11 is 1.51. The van der Waals surface area contributed by atoms with Gasteiger partial charge in [-0.2, -0.15) is 0 Å². The lowest BCUT2D eigenvalue weighted by Crippen LogP contribution is -2.38. The third-order valence-corrected chi connectivity index (χ3v) is 6.00. The van der Waals surface area contributed by atoms with Crippen molar-refractivity contribution in [3.05, 3.63) is 65.2 Å². The van der Waals surface area contributed by atoms with Gasteiger partial charge in [0.2, 0.25) is 0 Å². The zero-order valence-electron chi connectivity index (χ0n) is 18.4. The molecule has 9 heteroatoms. The van der Waals surface area contributed by atoms with Crippen LogP contribution in [0.3, 0.4) is 0 Å². The highest BCUT2D eigenvalue weighted by molar-refractivity contribution is 7.13. The van der Waals surface area contributed by atoms with Gasteiger partial charge >= 0.3 is 11.9 Å². The van der Waals surface area contributed by atoms with Gasteiger partial charge in [-0.1, -0.05) is 24.3 Å². The van der Waals surface area contributed by atoms with E-state index in [1.807, 2.05) is 53.9 Å². The van der Waals surface area contributed by atoms with Crippen molar-refractivity contribution in [1.29, 1.82) is 0 Å². The summed E-state index contributed by atoms with van der Waals surface area (Å²) in [5, 5.41) is 2.79. The standard InChI is InChI=1S/C24H22N2O6S/c1-29-18-9-5-6-15(11-18)20-13-33-22(25-20)16-7-4-8-17(10-16)26-14-32-12-19(23(27)30-2)21(26)24(28)31-3/h4-11,13H,12,14H2,1-3H3. The minimum absolute atomic E-state index is 0.0380. The number of carbonyl (C=O) groups excluding carboxylic acids is 2. The number of thiazole rings is 1. The van der Waals surface area contributed by atoms with Gasteiger partial charge in [0.15, 0.2) is 0 Å². The first-order chi connectivity index (χ1) is 16.0. The first-order valence-electron chi connectivity index (χ1n) is 10.0. The van der Waals surface area contributed by atoms with E-state index < -0.39 is 11.9 Å². The number of nitrogens with zero attached hydrogens (tertiary/aromatic N) is 2. The fraction of sp³-hybridized carbons (Fsp3) is 0.208. The second-order valence-electron chi connectivity index (χ2n) is 7.04. The molecule has 1 aliphatic rings. The molecule has 0 amide bonds. The Hall–Kier alpha value is -3.69. The van der Waals surface area contributed by atoms with Gasteiger partial charge < -0.3 is 23.8 Å². The van der Waals surface area contributed by atoms with Crippen molar-refractivity contribution in [2.75, 3.05) is 39.6 Å². The quantitative estimate of drug-likeness (QED) is 0.506. The number of hydrogen-bond donors (Lipinski definition) is 0. The van der Waals surface area contributed by atoms with E-state index in [4.69, 9.17) is 23.9 Å². The minimum atomic E-state index is -0.640. The van der Waals surface area contributed by atoms with Gasteiger partial charge in [-0.3, -0.25) is 0 Å². The predicted octanol–water partition coefficient (Wildman–Crippen LogP) is 3.88. The lowest BCUT2D eigenvalue weighted by atomic mass is 10.1. The molecule has 2 heterocycles. The number of hydrogen-bond acceptors (Lipinski definition) is 9. The van der Waals surface area contributed by atoms with Crippen LogP contribution in [0.5, 0.6) is 5.75 Å². The molecule has 4 rings (SSSR count). The number of esters is 2. The van der Waals surface area contributed by atoms with Gasteiger partial charge in [-0.15, -0.1) is 11.3 Å². The maximum Gasteiger partial charge on any atom is 0.355 e. The summed E-state index contributed by atoms with van der Waals surface area (Å²) in [6, 6.07) is 15.2. The molecule has 0 spiro atoms. The third-order valence-electron chi connectivity index (χ3n) is 5.11. The van der Waals surface area contributed by atoms with Crippen LogP contribution >= 0.6 is 11.3 Å². The SMILES string of the molecule is COC(=O)C1=C(C(=O)OC)N(c2cccc(-c3nc(-c4cccc(OC)c4)cs3)c2)COC1. The van der Waals surface area contributed by atoms with Gasteiger partial charge in [0.1, 0.15) is 23.2 Å². The molecule has 2 aromatic carbocycles. The van der Waals surface area contributed by atoms with Crippen molar-refractivity contribution < 1.29 is 28.5 Å². The maximum absolute atomic E-state index is 12.5. The first kappa shape index (κ1) is 22.5. The number of aromatic nitrogens is 1. The highest BCUT2D eigenvalue weighted by atomic mass is 32.1. The Bertz CT molecular complexity index is 1220. The van der Waals surface area contributed by atoms with Crippen molar-refractivity contribution in [3.63, 3.8) is 0 Å². The number of methoxy groups -OCH3 is 3. The van der Waals surface area contributed by atoms with Crippen LogP contribution in [0.1, 0.15) is 0 Å². The normalized spacial score (nSPS) is 13.6. The fourth-order valence-electron chi connectivity index (χ4n) is 3.48. The van der Waals surface area contributed by atoms with E-state index in [-0.39, 0.29) is 24.6 Å². The molecule has 0 aliphatic carbocycles. The van der Waals surface area contributed by atoms with Crippen LogP contribution < -0.4 is 9.64 Å². The molecule has 0 radical (unpaired) electrons. The van der Waals surface area contributed by atoms with E-state index >= 15 is 0 Å². The van der Waals surface area contributed by atoms with Crippen LogP contribution in [0.4, 0.5) is 5.69 Å². The Morgan fingerprint density at radius 2 is 1.76 bits per heavy atom. The lowest BCUT2D eigenvalue weighted by molar-refractivity contribution is -0.140. The highest BCUT2D eigenvalue weighted by Crippen LogP contribution is 2.34. The Balaban J connectivity index is 1.70. The second kappa shape index (κ2) is 9.85. The zero-order valence-corrected chi connectivity index (χ0v) is 19.2. The maximum atomic E-state index is 12.5. The number of benzene rings is 2. The topological polar surface area (TPSA) is 87.2 Å². The number of rotatable bonds is 6. The molecule has 0 unspecified atom stereocenters. The van der Waals surface area contributed by atoms with E-state index in [0.717, 1.165) is 27.6 Å². The van der Waals surface area contributed by atoms with Crippen LogP contribution in [0.25, 0.3) is 21.8 Å². The molecule has 1 aliphatic heterocycles. The van der Waals surface area contributed by atoms with E-state index in [1.165, 1.54) is 25.6 Å². The van der Waals surface area contributed by atoms with Crippen molar-refractivity contribution in [2.24, 2.45) is 0 Å². The molecule has 1 aromatic heterocycles. The molecule has 3 aromatic rings. The summed E-state index contributed by atoms with van der Waals surface area (Å²) in [6.07, 6.45) is 0. The fourth-order valence-corrected chi connectivity index (χ4v) is 4.30. The predicted molar refractivity (Wildman–Crippen MR) is 124 cm³/mol. The first-order valence-corrected chi connectivity index (χ1v) is 10.9. The summed E-state index contributed by atoms with van der Waals surface area (Å²) in [7, 11) is 4.15. The van der Waals surface area contributed by atoms with Gasteiger partial charge in [0.25, 0.3) is 0 Å². The van der Waals surface area contributed by atoms with Crippen LogP contribution in [-0.4, -0.2) is 51.6 Å². The lowest BCUT2D eigenvalue weighted by Gasteiger charge is -2.31. The summed E-state index contributed by atoms with van der Waals surface area (Å²) < 4.78 is 20.6. The highest BCUT2D eigenvalue weighted by Gasteiger charge is 2.32. The van der Waals surface area contributed by atoms with Crippen LogP contribution in [0.2, 0.25) is 0 Å². The summed E-state index contributed by atoms with van der Waals surface area (Å²) in [4.78, 5) is 31.2. The van der Waals surface area contributed by atoms with Crippen molar-refractivity contribution in [3.8, 4) is 27.6 Å². The monoisotopic (exact) mass is 466 g/mol. The molecule has 0 saturated carbocycles. The van der Waals surface area contributed by atoms with Gasteiger partial charge in [-0.25, -0.2) is 14.6 Å². The van der Waals surface area contributed by atoms with E-state index in [9.17, 15) is 9.59 Å². The number of carbonyl (C=O) groups is 2. The molecule has 0 bridgehead atoms. The summed E-state index contributed by atoms with van der Waals surface area (Å²) in [5.41, 5.74) is 3.52. The average Bonchev–Trinajstić information content (AvgIpc) is 3.38. The summed E-state index contributed by atoms with van der Waals surface area (Å²) in [6.45, 7) is 0.0466. The molecule has 0 atom stereocenters. The molecule has 8 nitrogen and oxygen atoms in total. The molecule has 33 heavy (non-hydrogen) atoms. The van der Waals surface area contributed by atoms with Crippen LogP contribution in [0, 0.1) is 0 Å². The van der Waals surface area contributed by atoms with Gasteiger partial charge in [-0.05, 0) is 24.3 Å². The van der Waals surface area contributed by atoms with E-state index in [0.29, 0.717) is 5.69 Å². The van der Waals surface area contributed by atoms with Crippen molar-refractivity contribution in [1.82, 2.24) is 4.98 Å². The minimum Gasteiger partial charge on any atom is -0.497 e. The van der Waals surface area contributed by atoms with E-state index in [1.54, 1.807) is 12.0 Å². The molecule has 0 saturated heterocycles. The molecule has 0 fully saturated rings. The molecular weight excluding hydrogens is 444 g/mol.